The van der Waals surface area contributed by atoms with Crippen LogP contribution in [0.5, 0.6) is 0 Å². The molecule has 0 N–H and O–H groups in total. The molecule has 1 rings (SSSR count). The monoisotopic (exact) mass is 338 g/mol. The van der Waals surface area contributed by atoms with Crippen molar-refractivity contribution < 1.29 is 9.09 Å². The van der Waals surface area contributed by atoms with Gasteiger partial charge in [0.1, 0.15) is 0 Å². The van der Waals surface area contributed by atoms with Gasteiger partial charge in [-0.05, 0) is 26.0 Å². The normalized spacial score (nSPS) is 15.2. The van der Waals surface area contributed by atoms with Gasteiger partial charge in [-0.15, -0.1) is 0 Å². The zero-order valence-corrected chi connectivity index (χ0v) is 12.1. The first kappa shape index (κ1) is 13.2. The van der Waals surface area contributed by atoms with Gasteiger partial charge in [-0.3, -0.25) is 4.57 Å². The number of benzene rings is 1. The van der Waals surface area contributed by atoms with Crippen LogP contribution in [0.25, 0.3) is 0 Å². The molecule has 0 radical (unpaired) electrons. The Labute approximate surface area is 105 Å². The number of hydrogen-bond donors (Lipinski definition) is 0. The Morgan fingerprint density at radius 1 is 1.33 bits per heavy atom. The summed E-state index contributed by atoms with van der Waals surface area (Å²) in [6.45, 7) is 3.84. The number of hydrogen-bond acceptors (Lipinski definition) is 2. The second kappa shape index (κ2) is 6.02. The van der Waals surface area contributed by atoms with E-state index in [1.54, 1.807) is 0 Å². The highest BCUT2D eigenvalue weighted by atomic mass is 127. The lowest BCUT2D eigenvalue weighted by atomic mass is 10.4. The highest BCUT2D eigenvalue weighted by molar-refractivity contribution is 14.1. The predicted molar refractivity (Wildman–Crippen MR) is 73.7 cm³/mol. The van der Waals surface area contributed by atoms with Crippen LogP contribution in [0, 0.1) is 0 Å². The lowest BCUT2D eigenvalue weighted by Gasteiger charge is -2.20. The van der Waals surface area contributed by atoms with E-state index in [1.807, 2.05) is 44.2 Å². The highest BCUT2D eigenvalue weighted by Crippen LogP contribution is 2.46. The van der Waals surface area contributed by atoms with Gasteiger partial charge in [0.2, 0.25) is 7.37 Å². The summed E-state index contributed by atoms with van der Waals surface area (Å²) in [7, 11) is -2.64. The Morgan fingerprint density at radius 2 is 1.93 bits per heavy atom. The molecule has 0 saturated heterocycles. The number of rotatable bonds is 5. The van der Waals surface area contributed by atoms with Gasteiger partial charge < -0.3 is 4.52 Å². The predicted octanol–water partition coefficient (Wildman–Crippen LogP) is 3.45. The molecule has 1 aromatic rings. The van der Waals surface area contributed by atoms with Gasteiger partial charge in [-0.25, -0.2) is 0 Å². The lowest BCUT2D eigenvalue weighted by Crippen LogP contribution is -2.14. The van der Waals surface area contributed by atoms with E-state index in [9.17, 15) is 4.57 Å². The minimum Gasteiger partial charge on any atom is -0.322 e. The molecule has 4 heteroatoms. The van der Waals surface area contributed by atoms with Crippen molar-refractivity contribution >= 4 is 35.3 Å². The molecule has 0 aliphatic rings. The van der Waals surface area contributed by atoms with Crippen molar-refractivity contribution in [3.8, 4) is 0 Å². The smallest absolute Gasteiger partial charge is 0.233 e. The van der Waals surface area contributed by atoms with Crippen molar-refractivity contribution in [1.29, 1.82) is 0 Å². The summed E-state index contributed by atoms with van der Waals surface area (Å²) < 4.78 is 19.1. The molecule has 1 aromatic carbocycles. The molecule has 0 bridgehead atoms. The maximum Gasteiger partial charge on any atom is 0.233 e. The second-order valence-electron chi connectivity index (χ2n) is 3.58. The molecule has 84 valence electrons. The fraction of sp³-hybridized carbons (Fsp3) is 0.455. The summed E-state index contributed by atoms with van der Waals surface area (Å²) >= 11 is 2.23. The third-order valence-electron chi connectivity index (χ3n) is 1.91. The number of halogens is 1. The standard InChI is InChI=1S/C11H16IO2P/c1-10(2)14-15(13,9-8-12)11-6-4-3-5-7-11/h3-7,10H,8-9H2,1-2H3. The fourth-order valence-corrected chi connectivity index (χ4v) is 5.27. The van der Waals surface area contributed by atoms with Crippen LogP contribution in [0.3, 0.4) is 0 Å². The molecule has 15 heavy (non-hydrogen) atoms. The van der Waals surface area contributed by atoms with Crippen LogP contribution >= 0.6 is 30.0 Å². The minimum atomic E-state index is -2.64. The topological polar surface area (TPSA) is 26.3 Å². The Balaban J connectivity index is 2.96. The minimum absolute atomic E-state index is 0.000936. The van der Waals surface area contributed by atoms with Crippen LogP contribution in [0.4, 0.5) is 0 Å². The fourth-order valence-electron chi connectivity index (χ4n) is 1.35. The molecule has 0 aromatic heterocycles. The number of alkyl halides is 1. The first-order valence-corrected chi connectivity index (χ1v) is 8.31. The van der Waals surface area contributed by atoms with E-state index in [1.165, 1.54) is 0 Å². The van der Waals surface area contributed by atoms with E-state index in [2.05, 4.69) is 22.6 Å². The Kier molecular flexibility index (Phi) is 5.30. The summed E-state index contributed by atoms with van der Waals surface area (Å²) in [5.74, 6) is 0. The SMILES string of the molecule is CC(C)OP(=O)(CCI)c1ccccc1. The van der Waals surface area contributed by atoms with E-state index in [0.717, 1.165) is 9.73 Å². The van der Waals surface area contributed by atoms with Crippen LogP contribution < -0.4 is 5.30 Å². The molecule has 0 amide bonds. The molecular formula is C11H16IO2P. The Hall–Kier alpha value is 0.140. The quantitative estimate of drug-likeness (QED) is 0.467. The molecule has 2 nitrogen and oxygen atoms in total. The average Bonchev–Trinajstić information content (AvgIpc) is 2.18. The summed E-state index contributed by atoms with van der Waals surface area (Å²) in [6, 6.07) is 9.50. The van der Waals surface area contributed by atoms with Crippen LogP contribution in [-0.2, 0) is 9.09 Å². The van der Waals surface area contributed by atoms with Crippen molar-refractivity contribution in [2.45, 2.75) is 20.0 Å². The largest absolute Gasteiger partial charge is 0.322 e. The van der Waals surface area contributed by atoms with Crippen molar-refractivity contribution in [3.05, 3.63) is 30.3 Å². The Morgan fingerprint density at radius 3 is 2.40 bits per heavy atom. The molecule has 0 saturated carbocycles. The Bertz CT molecular complexity index is 338. The first-order valence-electron chi connectivity index (χ1n) is 4.97. The first-order chi connectivity index (χ1) is 7.08. The van der Waals surface area contributed by atoms with Crippen molar-refractivity contribution in [2.75, 3.05) is 10.6 Å². The molecule has 0 aliphatic heterocycles. The van der Waals surface area contributed by atoms with Gasteiger partial charge in [0.15, 0.2) is 0 Å². The molecule has 0 aliphatic carbocycles. The van der Waals surface area contributed by atoms with Crippen LogP contribution in [0.1, 0.15) is 13.8 Å². The molecule has 0 spiro atoms. The lowest BCUT2D eigenvalue weighted by molar-refractivity contribution is 0.249. The summed E-state index contributed by atoms with van der Waals surface area (Å²) in [5, 5.41) is 0.829. The van der Waals surface area contributed by atoms with Gasteiger partial charge >= 0.3 is 0 Å². The van der Waals surface area contributed by atoms with E-state index in [-0.39, 0.29) is 6.10 Å². The third kappa shape index (κ3) is 3.89. The zero-order valence-electron chi connectivity index (χ0n) is 9.02. The van der Waals surface area contributed by atoms with Gasteiger partial charge in [0.25, 0.3) is 0 Å². The van der Waals surface area contributed by atoms with E-state index in [4.69, 9.17) is 4.52 Å². The third-order valence-corrected chi connectivity index (χ3v) is 5.96. The van der Waals surface area contributed by atoms with Crippen molar-refractivity contribution in [1.82, 2.24) is 0 Å². The van der Waals surface area contributed by atoms with Crippen LogP contribution in [0.2, 0.25) is 0 Å². The molecule has 0 heterocycles. The molecular weight excluding hydrogens is 322 g/mol. The summed E-state index contributed by atoms with van der Waals surface area (Å²) in [6.07, 6.45) is 0.606. The molecule has 1 unspecified atom stereocenters. The van der Waals surface area contributed by atoms with E-state index < -0.39 is 7.37 Å². The van der Waals surface area contributed by atoms with Gasteiger partial charge in [0, 0.05) is 15.9 Å². The maximum atomic E-state index is 12.6. The second-order valence-corrected chi connectivity index (χ2v) is 7.18. The van der Waals surface area contributed by atoms with Crippen LogP contribution in [-0.4, -0.2) is 16.7 Å². The average molecular weight is 338 g/mol. The molecule has 0 fully saturated rings. The van der Waals surface area contributed by atoms with Gasteiger partial charge in [-0.1, -0.05) is 40.8 Å². The van der Waals surface area contributed by atoms with Gasteiger partial charge in [-0.2, -0.15) is 0 Å². The zero-order chi connectivity index (χ0) is 11.3. The van der Waals surface area contributed by atoms with E-state index >= 15 is 0 Å². The maximum absolute atomic E-state index is 12.6. The van der Waals surface area contributed by atoms with E-state index in [0.29, 0.717) is 6.16 Å². The van der Waals surface area contributed by atoms with Crippen LogP contribution in [0.15, 0.2) is 30.3 Å². The summed E-state index contributed by atoms with van der Waals surface area (Å²) in [5.41, 5.74) is 0. The van der Waals surface area contributed by atoms with Gasteiger partial charge in [0.05, 0.1) is 6.10 Å². The van der Waals surface area contributed by atoms with Crippen molar-refractivity contribution in [3.63, 3.8) is 0 Å². The van der Waals surface area contributed by atoms with Crippen molar-refractivity contribution in [2.24, 2.45) is 0 Å². The highest BCUT2D eigenvalue weighted by Gasteiger charge is 2.25. The summed E-state index contributed by atoms with van der Waals surface area (Å²) in [4.78, 5) is 0. The molecule has 1 atom stereocenters.